The molecule has 3 rings (SSSR count). The third kappa shape index (κ3) is 5.97. The Balaban J connectivity index is 1.92. The molecule has 0 saturated carbocycles. The van der Waals surface area contributed by atoms with E-state index in [1.165, 1.54) is 6.07 Å². The highest BCUT2D eigenvalue weighted by atomic mass is 16.6. The summed E-state index contributed by atoms with van der Waals surface area (Å²) in [6.45, 7) is 8.78. The molecule has 0 fully saturated rings. The summed E-state index contributed by atoms with van der Waals surface area (Å²) in [6, 6.07) is 13.1. The van der Waals surface area contributed by atoms with Crippen molar-refractivity contribution in [2.45, 2.75) is 52.7 Å². The number of fused-ring (bicyclic) bond motifs is 1. The highest BCUT2D eigenvalue weighted by Gasteiger charge is 2.27. The van der Waals surface area contributed by atoms with Gasteiger partial charge in [-0.1, -0.05) is 30.3 Å². The van der Waals surface area contributed by atoms with Crippen molar-refractivity contribution in [3.8, 4) is 5.75 Å². The standard InChI is InChI=1S/C25H27NO6/c1-15-11-19-22(16(2)13-21(27)30-19)20(12-15)31-23(28)18(14-17-9-7-6-8-10-17)26-24(29)32-25(3,4)5/h6-13,18H,14H2,1-5H3,(H,26,29)/t18-/m1/s1. The topological polar surface area (TPSA) is 94.8 Å². The van der Waals surface area contributed by atoms with Crippen molar-refractivity contribution in [2.75, 3.05) is 0 Å². The number of nitrogens with one attached hydrogen (secondary N) is 1. The highest BCUT2D eigenvalue weighted by molar-refractivity contribution is 5.91. The van der Waals surface area contributed by atoms with Crippen molar-refractivity contribution in [2.24, 2.45) is 0 Å². The van der Waals surface area contributed by atoms with Crippen LogP contribution >= 0.6 is 0 Å². The van der Waals surface area contributed by atoms with Crippen molar-refractivity contribution >= 4 is 23.0 Å². The van der Waals surface area contributed by atoms with Crippen LogP contribution in [0.4, 0.5) is 4.79 Å². The van der Waals surface area contributed by atoms with E-state index in [1.54, 1.807) is 46.8 Å². The average Bonchev–Trinajstić information content (AvgIpc) is 2.65. The van der Waals surface area contributed by atoms with Crippen LogP contribution < -0.4 is 15.7 Å². The van der Waals surface area contributed by atoms with Gasteiger partial charge in [0.1, 0.15) is 23.0 Å². The second-order valence-electron chi connectivity index (χ2n) is 8.69. The summed E-state index contributed by atoms with van der Waals surface area (Å²) in [5.74, 6) is -0.396. The first-order chi connectivity index (χ1) is 15.0. The fraction of sp³-hybridized carbons (Fsp3) is 0.320. The first kappa shape index (κ1) is 23.1. The van der Waals surface area contributed by atoms with Crippen molar-refractivity contribution < 1.29 is 23.5 Å². The Hall–Kier alpha value is -3.61. The van der Waals surface area contributed by atoms with Crippen LogP contribution in [0.15, 0.2) is 57.7 Å². The van der Waals surface area contributed by atoms with E-state index in [-0.39, 0.29) is 12.2 Å². The molecule has 168 valence electrons. The lowest BCUT2D eigenvalue weighted by Gasteiger charge is -2.23. The van der Waals surface area contributed by atoms with Crippen LogP contribution in [-0.4, -0.2) is 23.7 Å². The van der Waals surface area contributed by atoms with Crippen molar-refractivity contribution in [1.82, 2.24) is 5.32 Å². The third-order valence-electron chi connectivity index (χ3n) is 4.62. The fourth-order valence-corrected chi connectivity index (χ4v) is 3.33. The Labute approximate surface area is 186 Å². The van der Waals surface area contributed by atoms with Crippen molar-refractivity contribution in [3.63, 3.8) is 0 Å². The molecule has 0 saturated heterocycles. The lowest BCUT2D eigenvalue weighted by Crippen LogP contribution is -2.46. The molecule has 0 aliphatic carbocycles. The monoisotopic (exact) mass is 437 g/mol. The largest absolute Gasteiger partial charge is 0.444 e. The van der Waals surface area contributed by atoms with Gasteiger partial charge in [-0.2, -0.15) is 0 Å². The molecule has 7 heteroatoms. The summed E-state index contributed by atoms with van der Waals surface area (Å²) in [5, 5.41) is 3.15. The minimum Gasteiger partial charge on any atom is -0.444 e. The van der Waals surface area contributed by atoms with Gasteiger partial charge < -0.3 is 19.2 Å². The summed E-state index contributed by atoms with van der Waals surface area (Å²) in [5.41, 5.74) is 1.37. The molecule has 1 N–H and O–H groups in total. The third-order valence-corrected chi connectivity index (χ3v) is 4.62. The predicted molar refractivity (Wildman–Crippen MR) is 121 cm³/mol. The Morgan fingerprint density at radius 3 is 2.41 bits per heavy atom. The highest BCUT2D eigenvalue weighted by Crippen LogP contribution is 2.30. The molecule has 32 heavy (non-hydrogen) atoms. The van der Waals surface area contributed by atoms with E-state index < -0.39 is 29.3 Å². The fourth-order valence-electron chi connectivity index (χ4n) is 3.33. The molecule has 0 aliphatic rings. The number of ether oxygens (including phenoxy) is 2. The van der Waals surface area contributed by atoms with Crippen LogP contribution in [-0.2, 0) is 16.0 Å². The summed E-state index contributed by atoms with van der Waals surface area (Å²) < 4.78 is 16.3. The van der Waals surface area contributed by atoms with Crippen LogP contribution in [0.2, 0.25) is 0 Å². The maximum absolute atomic E-state index is 13.2. The molecular formula is C25H27NO6. The molecule has 0 radical (unpaired) electrons. The van der Waals surface area contributed by atoms with Gasteiger partial charge in [-0.25, -0.2) is 14.4 Å². The Morgan fingerprint density at radius 1 is 1.06 bits per heavy atom. The van der Waals surface area contributed by atoms with Crippen LogP contribution in [0, 0.1) is 13.8 Å². The predicted octanol–water partition coefficient (Wildman–Crippen LogP) is 4.45. The Bertz CT molecular complexity index is 1190. The van der Waals surface area contributed by atoms with Crippen molar-refractivity contribution in [3.05, 3.63) is 75.6 Å². The van der Waals surface area contributed by atoms with Crippen LogP contribution in [0.25, 0.3) is 11.0 Å². The van der Waals surface area contributed by atoms with Gasteiger partial charge in [-0.15, -0.1) is 0 Å². The van der Waals surface area contributed by atoms with Gasteiger partial charge >= 0.3 is 17.7 Å². The number of hydrogen-bond donors (Lipinski definition) is 1. The number of hydrogen-bond acceptors (Lipinski definition) is 6. The summed E-state index contributed by atoms with van der Waals surface area (Å²) >= 11 is 0. The number of esters is 1. The zero-order valence-electron chi connectivity index (χ0n) is 18.9. The summed E-state index contributed by atoms with van der Waals surface area (Å²) in [7, 11) is 0. The average molecular weight is 437 g/mol. The molecule has 1 atom stereocenters. The molecule has 3 aromatic rings. The molecule has 1 heterocycles. The number of benzene rings is 2. The molecular weight excluding hydrogens is 410 g/mol. The molecule has 7 nitrogen and oxygen atoms in total. The number of carbonyl (C=O) groups is 2. The lowest BCUT2D eigenvalue weighted by atomic mass is 10.1. The van der Waals surface area contributed by atoms with E-state index in [4.69, 9.17) is 13.9 Å². The number of amides is 1. The van der Waals surface area contributed by atoms with Gasteiger partial charge in [0.25, 0.3) is 0 Å². The van der Waals surface area contributed by atoms with Crippen molar-refractivity contribution in [1.29, 1.82) is 0 Å². The quantitative estimate of drug-likeness (QED) is 0.360. The molecule has 0 aliphatic heterocycles. The minimum atomic E-state index is -0.987. The molecule has 0 unspecified atom stereocenters. The van der Waals surface area contributed by atoms with E-state index in [0.29, 0.717) is 16.5 Å². The van der Waals surface area contributed by atoms with E-state index in [2.05, 4.69) is 5.32 Å². The Morgan fingerprint density at radius 2 is 1.75 bits per heavy atom. The zero-order valence-corrected chi connectivity index (χ0v) is 18.9. The number of alkyl carbamates (subject to hydrolysis) is 1. The first-order valence-corrected chi connectivity index (χ1v) is 10.3. The number of carbonyl (C=O) groups excluding carboxylic acids is 2. The molecule has 0 spiro atoms. The first-order valence-electron chi connectivity index (χ1n) is 10.3. The van der Waals surface area contributed by atoms with Gasteiger partial charge in [-0.05, 0) is 63.4 Å². The lowest BCUT2D eigenvalue weighted by molar-refractivity contribution is -0.136. The van der Waals surface area contributed by atoms with Crippen LogP contribution in [0.5, 0.6) is 5.75 Å². The normalized spacial score (nSPS) is 12.3. The Kier molecular flexibility index (Phi) is 6.67. The molecule has 1 aromatic heterocycles. The number of rotatable bonds is 5. The molecule has 0 bridgehead atoms. The van der Waals surface area contributed by atoms with Gasteiger partial charge in [0.05, 0.1) is 5.39 Å². The molecule has 1 amide bonds. The second kappa shape index (κ2) is 9.26. The SMILES string of the molecule is Cc1cc(OC(=O)[C@@H](Cc2ccccc2)NC(=O)OC(C)(C)C)c2c(C)cc(=O)oc2c1. The maximum Gasteiger partial charge on any atom is 0.408 e. The van der Waals surface area contributed by atoms with E-state index in [1.807, 2.05) is 30.3 Å². The summed E-state index contributed by atoms with van der Waals surface area (Å²) in [4.78, 5) is 37.3. The second-order valence-corrected chi connectivity index (χ2v) is 8.69. The number of aryl methyl sites for hydroxylation is 2. The minimum absolute atomic E-state index is 0.219. The van der Waals surface area contributed by atoms with E-state index in [9.17, 15) is 14.4 Å². The molecule has 2 aromatic carbocycles. The van der Waals surface area contributed by atoms with E-state index >= 15 is 0 Å². The smallest absolute Gasteiger partial charge is 0.408 e. The van der Waals surface area contributed by atoms with Crippen LogP contribution in [0.3, 0.4) is 0 Å². The van der Waals surface area contributed by atoms with Crippen LogP contribution in [0.1, 0.15) is 37.5 Å². The van der Waals surface area contributed by atoms with Gasteiger partial charge in [0.2, 0.25) is 0 Å². The van der Waals surface area contributed by atoms with Gasteiger partial charge in [0, 0.05) is 12.5 Å². The van der Waals surface area contributed by atoms with E-state index in [0.717, 1.165) is 11.1 Å². The summed E-state index contributed by atoms with van der Waals surface area (Å²) in [6.07, 6.45) is -0.497. The van der Waals surface area contributed by atoms with Gasteiger partial charge in [-0.3, -0.25) is 0 Å². The van der Waals surface area contributed by atoms with Gasteiger partial charge in [0.15, 0.2) is 0 Å². The zero-order chi connectivity index (χ0) is 23.5. The maximum atomic E-state index is 13.2.